The van der Waals surface area contributed by atoms with E-state index in [9.17, 15) is 24.8 Å². The second-order valence-corrected chi connectivity index (χ2v) is 6.58. The van der Waals surface area contributed by atoms with E-state index in [1.807, 2.05) is 0 Å². The van der Waals surface area contributed by atoms with Crippen molar-refractivity contribution in [3.05, 3.63) is 80.9 Å². The van der Waals surface area contributed by atoms with Gasteiger partial charge in [-0.15, -0.1) is 0 Å². The van der Waals surface area contributed by atoms with Crippen molar-refractivity contribution in [1.29, 1.82) is 0 Å². The summed E-state index contributed by atoms with van der Waals surface area (Å²) in [6.45, 7) is 0. The van der Waals surface area contributed by atoms with Gasteiger partial charge in [-0.1, -0.05) is 0 Å². The van der Waals surface area contributed by atoms with Crippen LogP contribution >= 0.6 is 0 Å². The van der Waals surface area contributed by atoms with Crippen LogP contribution in [-0.4, -0.2) is 28.7 Å². The third-order valence-electron chi connectivity index (χ3n) is 4.87. The minimum absolute atomic E-state index is 0.00641. The highest BCUT2D eigenvalue weighted by atomic mass is 16.6. The number of rotatable bonds is 4. The number of nitrogens with one attached hydrogen (secondary N) is 1. The number of carbonyl (C=O) groups is 2. The zero-order valence-electron chi connectivity index (χ0n) is 15.6. The van der Waals surface area contributed by atoms with Crippen LogP contribution in [-0.2, 0) is 0 Å². The van der Waals surface area contributed by atoms with Crippen molar-refractivity contribution in [2.24, 2.45) is 0 Å². The average Bonchev–Trinajstić information content (AvgIpc) is 2.73. The first-order valence-electron chi connectivity index (χ1n) is 8.76. The van der Waals surface area contributed by atoms with Gasteiger partial charge in [0.05, 0.1) is 34.4 Å². The lowest BCUT2D eigenvalue weighted by Gasteiger charge is -2.22. The predicted octanol–water partition coefficient (Wildman–Crippen LogP) is 3.41. The van der Waals surface area contributed by atoms with Gasteiger partial charge in [-0.2, -0.15) is 0 Å². The van der Waals surface area contributed by atoms with Crippen LogP contribution in [0.25, 0.3) is 0 Å². The number of nitrogens with two attached hydrogens (primary N) is 1. The van der Waals surface area contributed by atoms with Crippen LogP contribution in [0.5, 0.6) is 11.5 Å². The van der Waals surface area contributed by atoms with Gasteiger partial charge in [-0.25, -0.2) is 0 Å². The number of hydrogen-bond acceptors (Lipinski definition) is 8. The number of phenolic OH excluding ortho intramolecular Hbond substituents is 1. The number of nitro benzene ring substituents is 1. The summed E-state index contributed by atoms with van der Waals surface area (Å²) in [5.74, 6) is -1.41. The smallest absolute Gasteiger partial charge is 0.281 e. The third-order valence-corrected chi connectivity index (χ3v) is 4.87. The number of aromatic hydroxyl groups is 1. The molecule has 0 amide bonds. The zero-order chi connectivity index (χ0) is 21.6. The molecule has 4 N–H and O–H groups in total. The average molecular weight is 405 g/mol. The van der Waals surface area contributed by atoms with Gasteiger partial charge in [0.25, 0.3) is 5.69 Å². The first-order chi connectivity index (χ1) is 14.3. The van der Waals surface area contributed by atoms with Gasteiger partial charge in [0.1, 0.15) is 17.1 Å². The molecule has 4 rings (SSSR count). The first kappa shape index (κ1) is 18.9. The van der Waals surface area contributed by atoms with E-state index in [4.69, 9.17) is 10.5 Å². The van der Waals surface area contributed by atoms with Crippen LogP contribution < -0.4 is 15.8 Å². The molecule has 30 heavy (non-hydrogen) atoms. The minimum atomic E-state index is -0.793. The van der Waals surface area contributed by atoms with Crippen LogP contribution in [0.2, 0.25) is 0 Å². The summed E-state index contributed by atoms with van der Waals surface area (Å²) in [7, 11) is 1.53. The molecule has 1 aliphatic carbocycles. The summed E-state index contributed by atoms with van der Waals surface area (Å²) >= 11 is 0. The Labute approximate surface area is 169 Å². The van der Waals surface area contributed by atoms with Crippen LogP contribution in [0.4, 0.5) is 22.7 Å². The van der Waals surface area contributed by atoms with E-state index in [2.05, 4.69) is 5.32 Å². The fraction of sp³-hybridized carbons (Fsp3) is 0.0476. The minimum Gasteiger partial charge on any atom is -0.507 e. The van der Waals surface area contributed by atoms with Crippen LogP contribution in [0.1, 0.15) is 31.8 Å². The topological polar surface area (TPSA) is 145 Å². The maximum Gasteiger partial charge on any atom is 0.281 e. The highest BCUT2D eigenvalue weighted by Gasteiger charge is 2.40. The number of ether oxygens (including phenoxy) is 1. The number of methoxy groups -OCH3 is 1. The maximum atomic E-state index is 13.3. The number of nitrogen functional groups attached to an aromatic ring is 1. The molecule has 0 saturated carbocycles. The number of anilines is 3. The molecule has 0 atom stereocenters. The Morgan fingerprint density at radius 3 is 2.23 bits per heavy atom. The molecule has 0 aromatic heterocycles. The summed E-state index contributed by atoms with van der Waals surface area (Å²) in [5, 5.41) is 24.7. The molecule has 0 aliphatic heterocycles. The van der Waals surface area contributed by atoms with E-state index in [-0.39, 0.29) is 22.5 Å². The highest BCUT2D eigenvalue weighted by Crippen LogP contribution is 2.42. The summed E-state index contributed by atoms with van der Waals surface area (Å²) in [4.78, 5) is 37.0. The summed E-state index contributed by atoms with van der Waals surface area (Å²) < 4.78 is 5.11. The van der Waals surface area contributed by atoms with Gasteiger partial charge in [0.15, 0.2) is 0 Å². The molecular weight excluding hydrogens is 390 g/mol. The number of hydrogen-bond donors (Lipinski definition) is 3. The van der Waals surface area contributed by atoms with Crippen molar-refractivity contribution in [3.8, 4) is 11.5 Å². The van der Waals surface area contributed by atoms with Gasteiger partial charge in [0, 0.05) is 17.4 Å². The van der Waals surface area contributed by atoms with Crippen molar-refractivity contribution in [2.45, 2.75) is 0 Å². The van der Waals surface area contributed by atoms with Crippen molar-refractivity contribution in [2.75, 3.05) is 18.2 Å². The molecule has 0 saturated heterocycles. The van der Waals surface area contributed by atoms with Gasteiger partial charge < -0.3 is 20.9 Å². The zero-order valence-corrected chi connectivity index (χ0v) is 15.6. The lowest BCUT2D eigenvalue weighted by Crippen LogP contribution is -2.25. The Morgan fingerprint density at radius 2 is 1.60 bits per heavy atom. The summed E-state index contributed by atoms with van der Waals surface area (Å²) in [5.41, 5.74) is 5.21. The molecule has 9 nitrogen and oxygen atoms in total. The standard InChI is InChI=1S/C21H15N3O6/c1-30-11-4-2-10(3-5-11)23-13-7-6-12(22)16-17(13)21(27)19-15(25)9-8-14(24(28)29)18(19)20(16)26/h2-9,23,25H,22H2,1H3. The van der Waals surface area contributed by atoms with Crippen molar-refractivity contribution in [1.82, 2.24) is 0 Å². The number of nitro groups is 1. The largest absolute Gasteiger partial charge is 0.507 e. The predicted molar refractivity (Wildman–Crippen MR) is 109 cm³/mol. The normalized spacial score (nSPS) is 12.2. The van der Waals surface area contributed by atoms with E-state index in [1.165, 1.54) is 19.2 Å². The molecular formula is C21H15N3O6. The van der Waals surface area contributed by atoms with Crippen molar-refractivity contribution < 1.29 is 24.4 Å². The van der Waals surface area contributed by atoms with Crippen LogP contribution in [0, 0.1) is 10.1 Å². The molecule has 0 radical (unpaired) electrons. The first-order valence-corrected chi connectivity index (χ1v) is 8.76. The Bertz CT molecular complexity index is 1230. The Kier molecular flexibility index (Phi) is 4.35. The molecule has 1 aliphatic rings. The molecule has 0 spiro atoms. The lowest BCUT2D eigenvalue weighted by atomic mass is 9.81. The fourth-order valence-electron chi connectivity index (χ4n) is 3.48. The number of fused-ring (bicyclic) bond motifs is 2. The second kappa shape index (κ2) is 6.89. The molecule has 0 unspecified atom stereocenters. The molecule has 3 aromatic rings. The number of nitrogens with zero attached hydrogens (tertiary/aromatic N) is 1. The third kappa shape index (κ3) is 2.80. The van der Waals surface area contributed by atoms with E-state index >= 15 is 0 Å². The quantitative estimate of drug-likeness (QED) is 0.266. The summed E-state index contributed by atoms with van der Waals surface area (Å²) in [6, 6.07) is 11.8. The van der Waals surface area contributed by atoms with E-state index in [1.54, 1.807) is 24.3 Å². The van der Waals surface area contributed by atoms with Crippen molar-refractivity contribution >= 4 is 34.3 Å². The number of phenols is 1. The molecule has 0 heterocycles. The van der Waals surface area contributed by atoms with E-state index in [0.29, 0.717) is 11.4 Å². The van der Waals surface area contributed by atoms with Crippen LogP contribution in [0.15, 0.2) is 48.5 Å². The Balaban J connectivity index is 1.91. The number of carbonyl (C=O) groups excluding carboxylic acids is 2. The van der Waals surface area contributed by atoms with Crippen LogP contribution in [0.3, 0.4) is 0 Å². The highest BCUT2D eigenvalue weighted by molar-refractivity contribution is 6.33. The monoisotopic (exact) mass is 405 g/mol. The maximum absolute atomic E-state index is 13.3. The number of ketones is 2. The molecule has 3 aromatic carbocycles. The van der Waals surface area contributed by atoms with Gasteiger partial charge in [0.2, 0.25) is 11.6 Å². The molecule has 150 valence electrons. The fourth-order valence-corrected chi connectivity index (χ4v) is 3.48. The van der Waals surface area contributed by atoms with E-state index < -0.39 is 39.1 Å². The summed E-state index contributed by atoms with van der Waals surface area (Å²) in [6.07, 6.45) is 0. The van der Waals surface area contributed by atoms with Crippen molar-refractivity contribution in [3.63, 3.8) is 0 Å². The van der Waals surface area contributed by atoms with Gasteiger partial charge in [-0.05, 0) is 42.5 Å². The molecule has 0 bridgehead atoms. The lowest BCUT2D eigenvalue weighted by molar-refractivity contribution is -0.385. The molecule has 9 heteroatoms. The second-order valence-electron chi connectivity index (χ2n) is 6.58. The van der Waals surface area contributed by atoms with Gasteiger partial charge in [-0.3, -0.25) is 19.7 Å². The Morgan fingerprint density at radius 1 is 0.933 bits per heavy atom. The number of benzene rings is 3. The SMILES string of the molecule is COc1ccc(Nc2ccc(N)c3c2C(=O)c2c(O)ccc([N+](=O)[O-])c2C3=O)cc1. The van der Waals surface area contributed by atoms with E-state index in [0.717, 1.165) is 12.1 Å². The van der Waals surface area contributed by atoms with Gasteiger partial charge >= 0.3 is 0 Å². The Hall–Kier alpha value is -4.40. The molecule has 0 fully saturated rings.